The van der Waals surface area contributed by atoms with Gasteiger partial charge in [0.1, 0.15) is 17.3 Å². The Morgan fingerprint density at radius 1 is 1.26 bits per heavy atom. The van der Waals surface area contributed by atoms with E-state index in [-0.39, 0.29) is 11.2 Å². The number of rotatable bonds is 10. The molecule has 3 aromatic rings. The van der Waals surface area contributed by atoms with E-state index in [1.54, 1.807) is 30.6 Å². The van der Waals surface area contributed by atoms with Crippen molar-refractivity contribution in [2.24, 2.45) is 0 Å². The highest BCUT2D eigenvalue weighted by atomic mass is 32.1. The van der Waals surface area contributed by atoms with Crippen molar-refractivity contribution in [1.82, 2.24) is 20.2 Å². The molecule has 3 aromatic heterocycles. The van der Waals surface area contributed by atoms with E-state index >= 15 is 0 Å². The van der Waals surface area contributed by atoms with Crippen LogP contribution in [-0.4, -0.2) is 38.4 Å². The summed E-state index contributed by atoms with van der Waals surface area (Å²) in [6, 6.07) is 6.49. The van der Waals surface area contributed by atoms with Gasteiger partial charge in [0, 0.05) is 31.0 Å². The Kier molecular flexibility index (Phi) is 6.69. The molecule has 164 valence electrons. The van der Waals surface area contributed by atoms with Gasteiger partial charge in [0.2, 0.25) is 0 Å². The van der Waals surface area contributed by atoms with E-state index in [0.717, 1.165) is 24.1 Å². The first-order chi connectivity index (χ1) is 15.1. The number of anilines is 2. The lowest BCUT2D eigenvalue weighted by Gasteiger charge is -2.41. The molecule has 0 radical (unpaired) electrons. The van der Waals surface area contributed by atoms with Gasteiger partial charge in [0.25, 0.3) is 0 Å². The summed E-state index contributed by atoms with van der Waals surface area (Å²) in [6.07, 6.45) is 5.11. The first-order valence-electron chi connectivity index (χ1n) is 10.3. The molecule has 0 aromatic carbocycles. The second-order valence-electron chi connectivity index (χ2n) is 7.48. The molecule has 1 unspecified atom stereocenters. The van der Waals surface area contributed by atoms with E-state index < -0.39 is 6.23 Å². The topological polar surface area (TPSA) is 105 Å². The Balaban J connectivity index is 1.35. The molecule has 0 bridgehead atoms. The minimum absolute atomic E-state index is 0.272. The lowest BCUT2D eigenvalue weighted by molar-refractivity contribution is 0.136. The zero-order chi connectivity index (χ0) is 21.7. The Morgan fingerprint density at radius 2 is 2.13 bits per heavy atom. The summed E-state index contributed by atoms with van der Waals surface area (Å²) in [5, 5.41) is 25.4. The number of aliphatic hydroxyl groups excluding tert-OH is 1. The third kappa shape index (κ3) is 4.97. The Bertz CT molecular complexity index is 996. The monoisotopic (exact) mass is 444 g/mol. The number of nitrogens with zero attached hydrogens (tertiary/aromatic N) is 4. The van der Waals surface area contributed by atoms with E-state index in [1.807, 2.05) is 6.92 Å². The van der Waals surface area contributed by atoms with E-state index in [4.69, 9.17) is 4.74 Å². The van der Waals surface area contributed by atoms with Gasteiger partial charge in [0.05, 0.1) is 17.2 Å². The van der Waals surface area contributed by atoms with Gasteiger partial charge in [-0.3, -0.25) is 4.98 Å². The number of hydrogen-bond acceptors (Lipinski definition) is 9. The van der Waals surface area contributed by atoms with Crippen LogP contribution in [0.15, 0.2) is 36.7 Å². The number of thiazole rings is 1. The first kappa shape index (κ1) is 21.5. The third-order valence-electron chi connectivity index (χ3n) is 5.41. The molecule has 1 atom stereocenters. The molecule has 31 heavy (non-hydrogen) atoms. The van der Waals surface area contributed by atoms with Crippen molar-refractivity contribution in [3.05, 3.63) is 58.7 Å². The summed E-state index contributed by atoms with van der Waals surface area (Å²) < 4.78 is 19.6. The summed E-state index contributed by atoms with van der Waals surface area (Å²) in [7, 11) is 0. The summed E-state index contributed by atoms with van der Waals surface area (Å²) in [4.78, 5) is 9.47. The van der Waals surface area contributed by atoms with Gasteiger partial charge in [-0.2, -0.15) is 0 Å². The highest BCUT2D eigenvalue weighted by Gasteiger charge is 2.41. The second-order valence-corrected chi connectivity index (χ2v) is 8.60. The molecule has 1 aliphatic carbocycles. The molecule has 1 aliphatic rings. The lowest BCUT2D eigenvalue weighted by atomic mass is 9.66. The molecule has 0 aliphatic heterocycles. The number of halogens is 1. The molecule has 0 amide bonds. The second kappa shape index (κ2) is 9.63. The largest absolute Gasteiger partial charge is 0.376 e. The average molecular weight is 445 g/mol. The number of pyridine rings is 1. The fourth-order valence-corrected chi connectivity index (χ4v) is 4.33. The predicted molar refractivity (Wildman–Crippen MR) is 116 cm³/mol. The van der Waals surface area contributed by atoms with Crippen LogP contribution < -0.4 is 10.6 Å². The van der Waals surface area contributed by atoms with E-state index in [0.29, 0.717) is 42.1 Å². The van der Waals surface area contributed by atoms with Gasteiger partial charge >= 0.3 is 0 Å². The molecular weight excluding hydrogens is 419 g/mol. The Labute approximate surface area is 183 Å². The highest BCUT2D eigenvalue weighted by Crippen LogP contribution is 2.43. The van der Waals surface area contributed by atoms with Crippen LogP contribution in [0.5, 0.6) is 0 Å². The minimum atomic E-state index is -1.03. The van der Waals surface area contributed by atoms with Gasteiger partial charge < -0.3 is 20.5 Å². The number of hydrogen-bond donors (Lipinski definition) is 3. The summed E-state index contributed by atoms with van der Waals surface area (Å²) in [6.45, 7) is 3.59. The third-order valence-corrected chi connectivity index (χ3v) is 6.31. The SMILES string of the molecule is CCOCc1cnc(NC(O)c2ccc(NCC3(c4ncccc4F)CCC3)nn2)s1. The molecule has 0 saturated heterocycles. The van der Waals surface area contributed by atoms with Crippen molar-refractivity contribution in [2.45, 2.75) is 44.4 Å². The van der Waals surface area contributed by atoms with Crippen molar-refractivity contribution < 1.29 is 14.2 Å². The van der Waals surface area contributed by atoms with E-state index in [1.165, 1.54) is 17.4 Å². The fraction of sp³-hybridized carbons (Fsp3) is 0.429. The smallest absolute Gasteiger partial charge is 0.185 e. The average Bonchev–Trinajstić information content (AvgIpc) is 3.20. The zero-order valence-corrected chi connectivity index (χ0v) is 18.0. The van der Waals surface area contributed by atoms with Crippen LogP contribution in [0.4, 0.5) is 15.3 Å². The number of nitrogens with one attached hydrogen (secondary N) is 2. The minimum Gasteiger partial charge on any atom is -0.376 e. The Morgan fingerprint density at radius 3 is 2.81 bits per heavy atom. The van der Waals surface area contributed by atoms with Crippen molar-refractivity contribution in [3.8, 4) is 0 Å². The summed E-state index contributed by atoms with van der Waals surface area (Å²) in [5.74, 6) is 0.290. The van der Waals surface area contributed by atoms with Crippen LogP contribution >= 0.6 is 11.3 Å². The highest BCUT2D eigenvalue weighted by molar-refractivity contribution is 7.15. The number of aromatic nitrogens is 4. The normalized spacial score (nSPS) is 15.8. The molecule has 1 saturated carbocycles. The molecule has 8 nitrogen and oxygen atoms in total. The first-order valence-corrected chi connectivity index (χ1v) is 11.1. The number of ether oxygens (including phenoxy) is 1. The van der Waals surface area contributed by atoms with Gasteiger partial charge in [-0.05, 0) is 44.0 Å². The van der Waals surface area contributed by atoms with Crippen LogP contribution in [0.25, 0.3) is 0 Å². The van der Waals surface area contributed by atoms with Gasteiger partial charge in [-0.1, -0.05) is 17.8 Å². The maximum atomic E-state index is 14.3. The van der Waals surface area contributed by atoms with Gasteiger partial charge in [0.15, 0.2) is 11.4 Å². The van der Waals surface area contributed by atoms with Gasteiger partial charge in [-0.15, -0.1) is 10.2 Å². The lowest BCUT2D eigenvalue weighted by Crippen LogP contribution is -2.42. The molecular formula is C21H25FN6O2S. The van der Waals surface area contributed by atoms with Crippen LogP contribution in [0.3, 0.4) is 0 Å². The fourth-order valence-electron chi connectivity index (χ4n) is 3.55. The van der Waals surface area contributed by atoms with Crippen LogP contribution in [0.2, 0.25) is 0 Å². The molecule has 3 heterocycles. The summed E-state index contributed by atoms with van der Waals surface area (Å²) in [5.41, 5.74) is 0.558. The van der Waals surface area contributed by atoms with E-state index in [9.17, 15) is 9.50 Å². The van der Waals surface area contributed by atoms with Crippen LogP contribution in [-0.2, 0) is 16.8 Å². The molecule has 1 fully saturated rings. The predicted octanol–water partition coefficient (Wildman–Crippen LogP) is 3.64. The van der Waals surface area contributed by atoms with Crippen molar-refractivity contribution in [3.63, 3.8) is 0 Å². The van der Waals surface area contributed by atoms with Crippen molar-refractivity contribution in [1.29, 1.82) is 0 Å². The number of aliphatic hydroxyl groups is 1. The van der Waals surface area contributed by atoms with Crippen molar-refractivity contribution >= 4 is 22.3 Å². The maximum Gasteiger partial charge on any atom is 0.185 e. The van der Waals surface area contributed by atoms with Crippen LogP contribution in [0.1, 0.15) is 48.7 Å². The molecule has 10 heteroatoms. The molecule has 4 rings (SSSR count). The van der Waals surface area contributed by atoms with Gasteiger partial charge in [-0.25, -0.2) is 9.37 Å². The van der Waals surface area contributed by atoms with Crippen molar-refractivity contribution in [2.75, 3.05) is 23.8 Å². The Hall–Kier alpha value is -2.69. The molecule has 3 N–H and O–H groups in total. The van der Waals surface area contributed by atoms with Crippen LogP contribution in [0, 0.1) is 5.82 Å². The summed E-state index contributed by atoms with van der Waals surface area (Å²) >= 11 is 1.41. The zero-order valence-electron chi connectivity index (χ0n) is 17.2. The standard InChI is InChI=1S/C21H25FN6O2S/c1-2-30-12-14-11-24-20(31-14)26-19(29)16-6-7-17(28-27-16)25-13-21(8-4-9-21)18-15(22)5-3-10-23-18/h3,5-7,10-11,19,29H,2,4,8-9,12-13H2,1H3,(H,24,26)(H,25,28). The molecule has 0 spiro atoms. The van der Waals surface area contributed by atoms with E-state index in [2.05, 4.69) is 30.8 Å². The maximum absolute atomic E-state index is 14.3. The quantitative estimate of drug-likeness (QED) is 0.407.